The van der Waals surface area contributed by atoms with Gasteiger partial charge in [-0.1, -0.05) is 50.2 Å². The maximum atomic E-state index is 11.4. The minimum atomic E-state index is -0.940. The first-order valence-electron chi connectivity index (χ1n) is 6.89. The number of aromatic carboxylic acids is 1. The molecule has 3 rings (SSSR count). The van der Waals surface area contributed by atoms with Crippen molar-refractivity contribution in [1.29, 1.82) is 0 Å². The number of carboxylic acids is 1. The third kappa shape index (κ3) is 2.18. The number of fused-ring (bicyclic) bond motifs is 1. The van der Waals surface area contributed by atoms with Crippen LogP contribution in [0.1, 0.15) is 35.8 Å². The monoisotopic (exact) mass is 280 g/mol. The Morgan fingerprint density at radius 3 is 2.57 bits per heavy atom. The summed E-state index contributed by atoms with van der Waals surface area (Å²) in [5.41, 5.74) is 1.89. The predicted molar refractivity (Wildman–Crippen MR) is 82.1 cm³/mol. The van der Waals surface area contributed by atoms with E-state index in [2.05, 4.69) is 5.10 Å². The van der Waals surface area contributed by atoms with Crippen LogP contribution in [0.2, 0.25) is 0 Å². The second-order valence-electron chi connectivity index (χ2n) is 5.31. The Kier molecular flexibility index (Phi) is 3.22. The Balaban J connectivity index is 2.31. The van der Waals surface area contributed by atoms with Gasteiger partial charge in [-0.15, -0.1) is 0 Å². The van der Waals surface area contributed by atoms with E-state index in [-0.39, 0.29) is 11.5 Å². The number of carbonyl (C=O) groups is 1. The standard InChI is InChI=1S/C17H16N2O2/c1-11(2)16-14(17(20)21)10-18-19(16)15-9-5-7-12-6-3-4-8-13(12)15/h3-11H,1-2H3,(H,20,21). The molecule has 0 radical (unpaired) electrons. The summed E-state index contributed by atoms with van der Waals surface area (Å²) < 4.78 is 1.75. The summed E-state index contributed by atoms with van der Waals surface area (Å²) in [5.74, 6) is -0.872. The van der Waals surface area contributed by atoms with Crippen LogP contribution in [0.25, 0.3) is 16.5 Å². The van der Waals surface area contributed by atoms with Crippen LogP contribution in [0.5, 0.6) is 0 Å². The van der Waals surface area contributed by atoms with Crippen molar-refractivity contribution in [3.8, 4) is 5.69 Å². The molecule has 21 heavy (non-hydrogen) atoms. The zero-order chi connectivity index (χ0) is 15.0. The van der Waals surface area contributed by atoms with Gasteiger partial charge in [0.05, 0.1) is 17.6 Å². The molecule has 0 saturated carbocycles. The summed E-state index contributed by atoms with van der Waals surface area (Å²) in [6, 6.07) is 14.0. The quantitative estimate of drug-likeness (QED) is 0.793. The molecule has 0 unspecified atom stereocenters. The highest BCUT2D eigenvalue weighted by molar-refractivity contribution is 5.92. The van der Waals surface area contributed by atoms with E-state index >= 15 is 0 Å². The Hall–Kier alpha value is -2.62. The highest BCUT2D eigenvalue weighted by atomic mass is 16.4. The molecule has 1 heterocycles. The fraction of sp³-hybridized carbons (Fsp3) is 0.176. The van der Waals surface area contributed by atoms with Crippen molar-refractivity contribution in [2.45, 2.75) is 19.8 Å². The molecule has 0 bridgehead atoms. The lowest BCUT2D eigenvalue weighted by Gasteiger charge is -2.13. The maximum absolute atomic E-state index is 11.4. The van der Waals surface area contributed by atoms with E-state index in [9.17, 15) is 9.90 Å². The van der Waals surface area contributed by atoms with E-state index in [1.165, 1.54) is 6.20 Å². The van der Waals surface area contributed by atoms with Gasteiger partial charge in [0.1, 0.15) is 5.56 Å². The smallest absolute Gasteiger partial charge is 0.339 e. The minimum absolute atomic E-state index is 0.0672. The van der Waals surface area contributed by atoms with Crippen molar-refractivity contribution < 1.29 is 9.90 Å². The summed E-state index contributed by atoms with van der Waals surface area (Å²) >= 11 is 0. The number of nitrogens with zero attached hydrogens (tertiary/aromatic N) is 2. The Morgan fingerprint density at radius 2 is 1.86 bits per heavy atom. The first-order valence-corrected chi connectivity index (χ1v) is 6.89. The average Bonchev–Trinajstić information content (AvgIpc) is 2.91. The lowest BCUT2D eigenvalue weighted by Crippen LogP contribution is -2.08. The minimum Gasteiger partial charge on any atom is -0.478 e. The Bertz CT molecular complexity index is 813. The molecule has 1 N–H and O–H groups in total. The maximum Gasteiger partial charge on any atom is 0.339 e. The number of hydrogen-bond acceptors (Lipinski definition) is 2. The van der Waals surface area contributed by atoms with E-state index in [0.717, 1.165) is 22.2 Å². The molecule has 106 valence electrons. The Labute approximate surface area is 122 Å². The summed E-state index contributed by atoms with van der Waals surface area (Å²) in [4.78, 5) is 11.4. The summed E-state index contributed by atoms with van der Waals surface area (Å²) in [7, 11) is 0. The van der Waals surface area contributed by atoms with Gasteiger partial charge < -0.3 is 5.11 Å². The van der Waals surface area contributed by atoms with Crippen molar-refractivity contribution in [1.82, 2.24) is 9.78 Å². The zero-order valence-electron chi connectivity index (χ0n) is 11.9. The topological polar surface area (TPSA) is 55.1 Å². The normalized spacial score (nSPS) is 11.2. The van der Waals surface area contributed by atoms with Gasteiger partial charge in [0, 0.05) is 5.39 Å². The van der Waals surface area contributed by atoms with Crippen LogP contribution in [0.15, 0.2) is 48.7 Å². The Morgan fingerprint density at radius 1 is 1.14 bits per heavy atom. The number of hydrogen-bond donors (Lipinski definition) is 1. The van der Waals surface area contributed by atoms with Gasteiger partial charge in [-0.05, 0) is 17.4 Å². The molecule has 4 nitrogen and oxygen atoms in total. The van der Waals surface area contributed by atoms with E-state index in [1.807, 2.05) is 56.3 Å². The van der Waals surface area contributed by atoms with E-state index in [4.69, 9.17) is 0 Å². The molecule has 0 fully saturated rings. The van der Waals surface area contributed by atoms with Crippen LogP contribution in [0.3, 0.4) is 0 Å². The first-order chi connectivity index (χ1) is 10.1. The van der Waals surface area contributed by atoms with Crippen LogP contribution in [0.4, 0.5) is 0 Å². The fourth-order valence-electron chi connectivity index (χ4n) is 2.66. The van der Waals surface area contributed by atoms with Gasteiger partial charge in [-0.2, -0.15) is 5.10 Å². The lowest BCUT2D eigenvalue weighted by atomic mass is 10.0. The van der Waals surface area contributed by atoms with Crippen LogP contribution >= 0.6 is 0 Å². The van der Waals surface area contributed by atoms with Crippen molar-refractivity contribution in [2.24, 2.45) is 0 Å². The van der Waals surface area contributed by atoms with Crippen LogP contribution < -0.4 is 0 Å². The van der Waals surface area contributed by atoms with Crippen LogP contribution in [0, 0.1) is 0 Å². The number of aromatic nitrogens is 2. The van der Waals surface area contributed by atoms with Gasteiger partial charge >= 0.3 is 5.97 Å². The number of rotatable bonds is 3. The van der Waals surface area contributed by atoms with E-state index in [0.29, 0.717) is 0 Å². The van der Waals surface area contributed by atoms with Gasteiger partial charge in [0.25, 0.3) is 0 Å². The molecule has 0 aliphatic rings. The fourth-order valence-corrected chi connectivity index (χ4v) is 2.66. The average molecular weight is 280 g/mol. The van der Waals surface area contributed by atoms with Crippen molar-refractivity contribution in [3.05, 3.63) is 59.9 Å². The molecule has 0 saturated heterocycles. The number of benzene rings is 2. The lowest BCUT2D eigenvalue weighted by molar-refractivity contribution is 0.0695. The predicted octanol–water partition coefficient (Wildman–Crippen LogP) is 3.85. The molecule has 3 aromatic rings. The summed E-state index contributed by atoms with van der Waals surface area (Å²) in [6.45, 7) is 3.95. The molecular weight excluding hydrogens is 264 g/mol. The third-order valence-corrected chi connectivity index (χ3v) is 3.58. The van der Waals surface area contributed by atoms with Gasteiger partial charge in [-0.25, -0.2) is 9.48 Å². The van der Waals surface area contributed by atoms with E-state index in [1.54, 1.807) is 4.68 Å². The molecule has 4 heteroatoms. The van der Waals surface area contributed by atoms with E-state index < -0.39 is 5.97 Å². The SMILES string of the molecule is CC(C)c1c(C(=O)O)cnn1-c1cccc2ccccc12. The third-order valence-electron chi connectivity index (χ3n) is 3.58. The molecule has 1 aromatic heterocycles. The van der Waals surface area contributed by atoms with Gasteiger partial charge in [-0.3, -0.25) is 0 Å². The zero-order valence-corrected chi connectivity index (χ0v) is 11.9. The van der Waals surface area contributed by atoms with Crippen molar-refractivity contribution >= 4 is 16.7 Å². The van der Waals surface area contributed by atoms with Crippen molar-refractivity contribution in [3.63, 3.8) is 0 Å². The van der Waals surface area contributed by atoms with Crippen LogP contribution in [-0.2, 0) is 0 Å². The molecule has 0 aliphatic heterocycles. The highest BCUT2D eigenvalue weighted by Crippen LogP contribution is 2.27. The second kappa shape index (κ2) is 5.05. The van der Waals surface area contributed by atoms with Crippen molar-refractivity contribution in [2.75, 3.05) is 0 Å². The molecule has 0 atom stereocenters. The van der Waals surface area contributed by atoms with Crippen LogP contribution in [-0.4, -0.2) is 20.9 Å². The molecule has 0 aliphatic carbocycles. The molecular formula is C17H16N2O2. The summed E-state index contributed by atoms with van der Waals surface area (Å²) in [5, 5.41) is 15.8. The van der Waals surface area contributed by atoms with Gasteiger partial charge in [0.2, 0.25) is 0 Å². The molecule has 0 amide bonds. The molecule has 2 aromatic carbocycles. The highest BCUT2D eigenvalue weighted by Gasteiger charge is 2.20. The molecule has 0 spiro atoms. The van der Waals surface area contributed by atoms with Gasteiger partial charge in [0.15, 0.2) is 0 Å². The summed E-state index contributed by atoms with van der Waals surface area (Å²) in [6.07, 6.45) is 1.43. The second-order valence-corrected chi connectivity index (χ2v) is 5.31. The number of carboxylic acid groups (broad SMARTS) is 1. The largest absolute Gasteiger partial charge is 0.478 e. The first kappa shape index (κ1) is 13.4.